The van der Waals surface area contributed by atoms with E-state index < -0.39 is 36.1 Å². The summed E-state index contributed by atoms with van der Waals surface area (Å²) in [6.07, 6.45) is 3.18. The molecule has 0 fully saturated rings. The molecule has 0 saturated carbocycles. The number of nitrogens with one attached hydrogen (secondary N) is 1. The highest BCUT2D eigenvalue weighted by Gasteiger charge is 2.55. The fraction of sp³-hybridized carbons (Fsp3) is 0.864. The van der Waals surface area contributed by atoms with Gasteiger partial charge in [0.1, 0.15) is 0 Å². The molecule has 0 aromatic heterocycles. The molecule has 9 heteroatoms. The number of hydrogen-bond donors (Lipinski definition) is 1. The minimum absolute atomic E-state index is 0.195. The van der Waals surface area contributed by atoms with Crippen molar-refractivity contribution in [3.05, 3.63) is 12.2 Å². The Morgan fingerprint density at radius 2 is 1.16 bits per heavy atom. The Kier molecular flexibility index (Phi) is 11.9. The molecule has 31 heavy (non-hydrogen) atoms. The fourth-order valence-corrected chi connectivity index (χ4v) is 14.8. The summed E-state index contributed by atoms with van der Waals surface area (Å²) in [6.45, 7) is 27.6. The summed E-state index contributed by atoms with van der Waals surface area (Å²) in [6, 6.07) is 3.08. The molecule has 0 saturated heterocycles. The van der Waals surface area contributed by atoms with Crippen molar-refractivity contribution in [1.82, 2.24) is 5.32 Å². The van der Waals surface area contributed by atoms with Gasteiger partial charge >= 0.3 is 0 Å². The van der Waals surface area contributed by atoms with Crippen LogP contribution in [-0.2, 0) is 18.1 Å². The zero-order valence-corrected chi connectivity index (χ0v) is 27.6. The molecule has 1 atom stereocenters. The Morgan fingerprint density at radius 1 is 0.839 bits per heavy atom. The maximum atomic E-state index is 12.9. The van der Waals surface area contributed by atoms with E-state index in [4.69, 9.17) is 13.3 Å². The second-order valence-electron chi connectivity index (χ2n) is 11.0. The van der Waals surface area contributed by atoms with Gasteiger partial charge in [-0.2, -0.15) is 0 Å². The summed E-state index contributed by atoms with van der Waals surface area (Å²) in [4.78, 5) is 12.9. The molecule has 5 nitrogen and oxygen atoms in total. The highest BCUT2D eigenvalue weighted by Crippen LogP contribution is 2.38. The van der Waals surface area contributed by atoms with Crippen LogP contribution in [-0.4, -0.2) is 52.2 Å². The summed E-state index contributed by atoms with van der Waals surface area (Å²) in [7, 11) is -5.66. The number of amides is 1. The van der Waals surface area contributed by atoms with Gasteiger partial charge in [-0.05, 0) is 71.3 Å². The molecule has 0 aromatic carbocycles. The Balaban J connectivity index is 6.57. The third-order valence-corrected chi connectivity index (χ3v) is 15.3. The van der Waals surface area contributed by atoms with Gasteiger partial charge in [0, 0.05) is 5.57 Å². The first-order valence-corrected chi connectivity index (χ1v) is 22.3. The van der Waals surface area contributed by atoms with Crippen LogP contribution in [0.5, 0.6) is 0 Å². The summed E-state index contributed by atoms with van der Waals surface area (Å²) < 4.78 is 20.8. The molecule has 0 aromatic rings. The van der Waals surface area contributed by atoms with Crippen LogP contribution in [0.4, 0.5) is 0 Å². The van der Waals surface area contributed by atoms with Crippen molar-refractivity contribution in [3.63, 3.8) is 0 Å². The number of carbonyl (C=O) groups excluding carboxylic acids is 1. The minimum atomic E-state index is -2.08. The van der Waals surface area contributed by atoms with Gasteiger partial charge in [-0.15, -0.1) is 0 Å². The predicted octanol–water partition coefficient (Wildman–Crippen LogP) is 5.31. The van der Waals surface area contributed by atoms with E-state index in [0.29, 0.717) is 15.8 Å². The Bertz CT molecular complexity index is 590. The predicted molar refractivity (Wildman–Crippen MR) is 145 cm³/mol. The summed E-state index contributed by atoms with van der Waals surface area (Å²) in [5, 5.41) is 2.23. The largest absolute Gasteiger partial charge is 0.395 e. The quantitative estimate of drug-likeness (QED) is 0.186. The zero-order chi connectivity index (χ0) is 24.7. The normalized spacial score (nSPS) is 15.6. The van der Waals surface area contributed by atoms with Gasteiger partial charge in [0.25, 0.3) is 0 Å². The van der Waals surface area contributed by atoms with Crippen LogP contribution in [0.2, 0.25) is 57.4 Å². The van der Waals surface area contributed by atoms with E-state index in [1.807, 2.05) is 6.92 Å². The van der Waals surface area contributed by atoms with E-state index in [-0.39, 0.29) is 5.91 Å². The van der Waals surface area contributed by atoms with Crippen molar-refractivity contribution < 1.29 is 18.1 Å². The molecule has 184 valence electrons. The van der Waals surface area contributed by atoms with Crippen molar-refractivity contribution in [3.8, 4) is 0 Å². The van der Waals surface area contributed by atoms with Gasteiger partial charge in [0.15, 0.2) is 36.1 Å². The van der Waals surface area contributed by atoms with Crippen molar-refractivity contribution in [2.24, 2.45) is 0 Å². The van der Waals surface area contributed by atoms with E-state index in [0.717, 1.165) is 37.4 Å². The summed E-state index contributed by atoms with van der Waals surface area (Å²) in [5.41, 5.74) is 0.469. The molecule has 1 N–H and O–H groups in total. The number of rotatable bonds is 15. The van der Waals surface area contributed by atoms with Crippen LogP contribution in [0.1, 0.15) is 53.9 Å². The van der Waals surface area contributed by atoms with Crippen molar-refractivity contribution >= 4 is 41.1 Å². The molecular weight excluding hydrogens is 455 g/mol. The maximum Gasteiger partial charge on any atom is 0.248 e. The lowest BCUT2D eigenvalue weighted by molar-refractivity contribution is -0.209. The first-order chi connectivity index (χ1) is 13.9. The van der Waals surface area contributed by atoms with Gasteiger partial charge in [0.2, 0.25) is 5.91 Å². The lowest BCUT2D eigenvalue weighted by Crippen LogP contribution is -2.73. The zero-order valence-electron chi connectivity index (χ0n) is 22.6. The molecule has 0 spiro atoms. The Hall–Kier alpha value is -0.0425. The lowest BCUT2D eigenvalue weighted by Gasteiger charge is -2.54. The molecule has 0 rings (SSSR count). The highest BCUT2D eigenvalue weighted by atomic mass is 28.4. The molecule has 0 bridgehead atoms. The Labute approximate surface area is 198 Å². The number of carbonyl (C=O) groups is 1. The average Bonchev–Trinajstić information content (AvgIpc) is 2.51. The van der Waals surface area contributed by atoms with Crippen LogP contribution in [0.25, 0.3) is 0 Å². The first kappa shape index (κ1) is 31.0. The van der Waals surface area contributed by atoms with E-state index in [9.17, 15) is 4.79 Å². The van der Waals surface area contributed by atoms with Crippen LogP contribution in [0.15, 0.2) is 12.2 Å². The monoisotopic (exact) mass is 505 g/mol. The van der Waals surface area contributed by atoms with Gasteiger partial charge in [-0.25, -0.2) is 0 Å². The summed E-state index contributed by atoms with van der Waals surface area (Å²) in [5.74, 6) is -1.22. The topological polar surface area (TPSA) is 56.8 Å². The number of hydrogen-bond acceptors (Lipinski definition) is 4. The van der Waals surface area contributed by atoms with Crippen LogP contribution in [0.3, 0.4) is 0 Å². The second-order valence-corrected chi connectivity index (χ2v) is 25.1. The fourth-order valence-electron chi connectivity index (χ4n) is 4.34. The molecule has 0 aliphatic carbocycles. The van der Waals surface area contributed by atoms with E-state index in [1.54, 1.807) is 6.92 Å². The SMILES string of the molecule is C=C(C)C(=O)NC([SiH3])(O[Si](C)(C)CCC)C(C)(O[Si](C)(C)CCC)O[Si](C)(C)CCC. The van der Waals surface area contributed by atoms with E-state index in [2.05, 4.69) is 71.9 Å². The van der Waals surface area contributed by atoms with Crippen LogP contribution < -0.4 is 5.32 Å². The lowest BCUT2D eigenvalue weighted by atomic mass is 10.2. The molecule has 1 amide bonds. The van der Waals surface area contributed by atoms with Gasteiger partial charge < -0.3 is 18.6 Å². The third kappa shape index (κ3) is 10.2. The molecule has 0 radical (unpaired) electrons. The van der Waals surface area contributed by atoms with Gasteiger partial charge in [-0.3, -0.25) is 4.79 Å². The molecule has 0 heterocycles. The van der Waals surface area contributed by atoms with Crippen molar-refractivity contribution in [2.45, 2.75) is 122 Å². The highest BCUT2D eigenvalue weighted by molar-refractivity contribution is 6.73. The van der Waals surface area contributed by atoms with Crippen LogP contribution >= 0.6 is 0 Å². The Morgan fingerprint density at radius 3 is 1.45 bits per heavy atom. The van der Waals surface area contributed by atoms with Gasteiger partial charge in [0.05, 0.1) is 10.2 Å². The van der Waals surface area contributed by atoms with Crippen LogP contribution in [0, 0.1) is 0 Å². The van der Waals surface area contributed by atoms with Gasteiger partial charge in [-0.1, -0.05) is 46.6 Å². The molecule has 0 aliphatic heterocycles. The second kappa shape index (κ2) is 11.9. The smallest absolute Gasteiger partial charge is 0.248 e. The molecular formula is C22H51NO4Si4. The summed E-state index contributed by atoms with van der Waals surface area (Å²) >= 11 is 0. The first-order valence-electron chi connectivity index (χ1n) is 12.0. The van der Waals surface area contributed by atoms with Crippen molar-refractivity contribution in [1.29, 1.82) is 0 Å². The molecule has 1 unspecified atom stereocenters. The average molecular weight is 506 g/mol. The standard InChI is InChI=1S/C22H51NO4Si4/c1-13-16-29(7,8)25-21(6,26-30(9,10)17-14-2)22(28,23-20(24)19(4)5)27-31(11,12)18-15-3/h4,13-18H2,1-3,5-12,28H3,(H,23,24). The molecule has 0 aliphatic rings. The maximum absolute atomic E-state index is 12.9. The van der Waals surface area contributed by atoms with E-state index >= 15 is 0 Å². The minimum Gasteiger partial charge on any atom is -0.395 e. The van der Waals surface area contributed by atoms with E-state index in [1.165, 1.54) is 0 Å². The van der Waals surface area contributed by atoms with Crippen molar-refractivity contribution in [2.75, 3.05) is 0 Å². The third-order valence-electron chi connectivity index (χ3n) is 5.58.